The van der Waals surface area contributed by atoms with Crippen LogP contribution in [-0.2, 0) is 9.59 Å². The summed E-state index contributed by atoms with van der Waals surface area (Å²) < 4.78 is 0. The van der Waals surface area contributed by atoms with Crippen LogP contribution >= 0.6 is 0 Å². The Bertz CT molecular complexity index is 580. The largest absolute Gasteiger partial charge is 0.353 e. The van der Waals surface area contributed by atoms with E-state index < -0.39 is 0 Å². The molecule has 1 heterocycles. The second kappa shape index (κ2) is 9.72. The summed E-state index contributed by atoms with van der Waals surface area (Å²) in [6.45, 7) is 10.3. The first kappa shape index (κ1) is 20.4. The summed E-state index contributed by atoms with van der Waals surface area (Å²) in [5.74, 6) is 0.707. The predicted molar refractivity (Wildman–Crippen MR) is 105 cm³/mol. The van der Waals surface area contributed by atoms with E-state index in [1.807, 2.05) is 37.3 Å². The Balaban J connectivity index is 1.72. The van der Waals surface area contributed by atoms with E-state index >= 15 is 0 Å². The molecule has 1 aliphatic rings. The monoisotopic (exact) mass is 359 g/mol. The normalized spacial score (nSPS) is 18.3. The number of piperidine rings is 1. The van der Waals surface area contributed by atoms with Crippen molar-refractivity contribution in [3.05, 3.63) is 35.9 Å². The standard InChI is InChI=1S/C21H33N3O2/c1-15(2)16(3)23-21(26)19-10-12-24(13-11-19)14-20(25)22-17(4)18-8-6-5-7-9-18/h5-9,15-17,19H,10-14H2,1-4H3,(H,22,25)(H,23,26). The number of benzene rings is 1. The van der Waals surface area contributed by atoms with E-state index in [-0.39, 0.29) is 29.8 Å². The SMILES string of the molecule is CC(NC(=O)CN1CCC(C(=O)NC(C)C(C)C)CC1)c1ccccc1. The van der Waals surface area contributed by atoms with Gasteiger partial charge in [-0.15, -0.1) is 0 Å². The van der Waals surface area contributed by atoms with Crippen molar-refractivity contribution >= 4 is 11.8 Å². The third kappa shape index (κ3) is 6.13. The van der Waals surface area contributed by atoms with E-state index in [1.165, 1.54) is 0 Å². The molecule has 2 N–H and O–H groups in total. The highest BCUT2D eigenvalue weighted by molar-refractivity contribution is 5.80. The van der Waals surface area contributed by atoms with Crippen molar-refractivity contribution < 1.29 is 9.59 Å². The van der Waals surface area contributed by atoms with Crippen molar-refractivity contribution in [1.29, 1.82) is 0 Å². The third-order valence-electron chi connectivity index (χ3n) is 5.37. The van der Waals surface area contributed by atoms with Gasteiger partial charge < -0.3 is 10.6 Å². The van der Waals surface area contributed by atoms with Gasteiger partial charge in [-0.1, -0.05) is 44.2 Å². The molecule has 144 valence electrons. The fourth-order valence-electron chi connectivity index (χ4n) is 3.18. The van der Waals surface area contributed by atoms with Crippen LogP contribution in [0.1, 0.15) is 52.1 Å². The van der Waals surface area contributed by atoms with E-state index in [2.05, 4.69) is 36.3 Å². The second-order valence-electron chi connectivity index (χ2n) is 7.79. The summed E-state index contributed by atoms with van der Waals surface area (Å²) in [4.78, 5) is 26.8. The number of nitrogens with zero attached hydrogens (tertiary/aromatic N) is 1. The summed E-state index contributed by atoms with van der Waals surface area (Å²) in [5.41, 5.74) is 1.11. The maximum absolute atomic E-state index is 12.3. The third-order valence-corrected chi connectivity index (χ3v) is 5.37. The average molecular weight is 360 g/mol. The molecule has 2 atom stereocenters. The first-order valence-electron chi connectivity index (χ1n) is 9.74. The van der Waals surface area contributed by atoms with Crippen LogP contribution in [-0.4, -0.2) is 42.4 Å². The Kier molecular flexibility index (Phi) is 7.64. The van der Waals surface area contributed by atoms with Gasteiger partial charge in [0, 0.05) is 12.0 Å². The molecule has 0 spiro atoms. The molecule has 1 saturated heterocycles. The minimum absolute atomic E-state index is 0.00420. The molecule has 2 amide bonds. The molecule has 0 aliphatic carbocycles. The van der Waals surface area contributed by atoms with E-state index in [9.17, 15) is 9.59 Å². The Labute approximate surface area is 157 Å². The second-order valence-corrected chi connectivity index (χ2v) is 7.79. The number of likely N-dealkylation sites (tertiary alicyclic amines) is 1. The lowest BCUT2D eigenvalue weighted by molar-refractivity contribution is -0.127. The van der Waals surface area contributed by atoms with Crippen molar-refractivity contribution in [1.82, 2.24) is 15.5 Å². The predicted octanol–water partition coefficient (Wildman–Crippen LogP) is 2.74. The highest BCUT2D eigenvalue weighted by Gasteiger charge is 2.27. The molecule has 1 aliphatic heterocycles. The molecule has 0 aromatic heterocycles. The highest BCUT2D eigenvalue weighted by Crippen LogP contribution is 2.18. The fraction of sp³-hybridized carbons (Fsp3) is 0.619. The van der Waals surface area contributed by atoms with Crippen LogP contribution in [0, 0.1) is 11.8 Å². The molecule has 0 bridgehead atoms. The maximum Gasteiger partial charge on any atom is 0.234 e. The maximum atomic E-state index is 12.3. The van der Waals surface area contributed by atoms with Crippen LogP contribution in [0.3, 0.4) is 0 Å². The smallest absolute Gasteiger partial charge is 0.234 e. The Morgan fingerprint density at radius 1 is 1.04 bits per heavy atom. The quantitative estimate of drug-likeness (QED) is 0.787. The number of nitrogens with one attached hydrogen (secondary N) is 2. The topological polar surface area (TPSA) is 61.4 Å². The van der Waals surface area contributed by atoms with Gasteiger partial charge in [0.15, 0.2) is 0 Å². The van der Waals surface area contributed by atoms with Gasteiger partial charge in [0.2, 0.25) is 11.8 Å². The molecular formula is C21H33N3O2. The summed E-state index contributed by atoms with van der Waals surface area (Å²) in [6.07, 6.45) is 1.64. The highest BCUT2D eigenvalue weighted by atomic mass is 16.2. The molecular weight excluding hydrogens is 326 g/mol. The number of hydrogen-bond acceptors (Lipinski definition) is 3. The summed E-state index contributed by atoms with van der Waals surface area (Å²) in [6, 6.07) is 10.2. The van der Waals surface area contributed by atoms with Crippen LogP contribution < -0.4 is 10.6 Å². The van der Waals surface area contributed by atoms with Gasteiger partial charge in [0.1, 0.15) is 0 Å². The van der Waals surface area contributed by atoms with Gasteiger partial charge in [0.25, 0.3) is 0 Å². The number of hydrogen-bond donors (Lipinski definition) is 2. The fourth-order valence-corrected chi connectivity index (χ4v) is 3.18. The lowest BCUT2D eigenvalue weighted by Crippen LogP contribution is -2.46. The zero-order valence-corrected chi connectivity index (χ0v) is 16.5. The van der Waals surface area contributed by atoms with Gasteiger partial charge in [-0.05, 0) is 51.3 Å². The average Bonchev–Trinajstić information content (AvgIpc) is 2.62. The van der Waals surface area contributed by atoms with Crippen LogP contribution in [0.5, 0.6) is 0 Å². The number of amides is 2. The minimum atomic E-state index is 0.00420. The van der Waals surface area contributed by atoms with Gasteiger partial charge >= 0.3 is 0 Å². The Hall–Kier alpha value is -1.88. The molecule has 2 rings (SSSR count). The van der Waals surface area contributed by atoms with Gasteiger partial charge in [0.05, 0.1) is 12.6 Å². The van der Waals surface area contributed by atoms with E-state index in [0.717, 1.165) is 31.5 Å². The van der Waals surface area contributed by atoms with Crippen molar-refractivity contribution in [2.24, 2.45) is 11.8 Å². The Morgan fingerprint density at radius 2 is 1.65 bits per heavy atom. The minimum Gasteiger partial charge on any atom is -0.353 e. The summed E-state index contributed by atoms with van der Waals surface area (Å²) >= 11 is 0. The van der Waals surface area contributed by atoms with Crippen molar-refractivity contribution in [2.45, 2.75) is 52.6 Å². The number of carbonyl (C=O) groups is 2. The van der Waals surface area contributed by atoms with E-state index in [1.54, 1.807) is 0 Å². The van der Waals surface area contributed by atoms with Crippen molar-refractivity contribution in [3.63, 3.8) is 0 Å². The van der Waals surface area contributed by atoms with Crippen LogP contribution in [0.4, 0.5) is 0 Å². The van der Waals surface area contributed by atoms with Crippen LogP contribution in [0.2, 0.25) is 0 Å². The van der Waals surface area contributed by atoms with Gasteiger partial charge in [-0.3, -0.25) is 14.5 Å². The van der Waals surface area contributed by atoms with E-state index in [4.69, 9.17) is 0 Å². The first-order chi connectivity index (χ1) is 12.4. The van der Waals surface area contributed by atoms with Crippen molar-refractivity contribution in [2.75, 3.05) is 19.6 Å². The molecule has 0 saturated carbocycles. The van der Waals surface area contributed by atoms with Crippen LogP contribution in [0.15, 0.2) is 30.3 Å². The first-order valence-corrected chi connectivity index (χ1v) is 9.74. The lowest BCUT2D eigenvalue weighted by atomic mass is 9.95. The molecule has 5 nitrogen and oxygen atoms in total. The zero-order chi connectivity index (χ0) is 19.1. The molecule has 2 unspecified atom stereocenters. The molecule has 1 aromatic rings. The van der Waals surface area contributed by atoms with E-state index in [0.29, 0.717) is 12.5 Å². The molecule has 1 fully saturated rings. The van der Waals surface area contributed by atoms with Gasteiger partial charge in [-0.2, -0.15) is 0 Å². The van der Waals surface area contributed by atoms with Crippen LogP contribution in [0.25, 0.3) is 0 Å². The Morgan fingerprint density at radius 3 is 2.23 bits per heavy atom. The summed E-state index contributed by atoms with van der Waals surface area (Å²) in [7, 11) is 0. The molecule has 1 aromatic carbocycles. The molecule has 5 heteroatoms. The molecule has 26 heavy (non-hydrogen) atoms. The lowest BCUT2D eigenvalue weighted by Gasteiger charge is -2.32. The van der Waals surface area contributed by atoms with Crippen molar-refractivity contribution in [3.8, 4) is 0 Å². The zero-order valence-electron chi connectivity index (χ0n) is 16.5. The summed E-state index contributed by atoms with van der Waals surface area (Å²) in [5, 5.41) is 6.17. The molecule has 0 radical (unpaired) electrons. The van der Waals surface area contributed by atoms with Gasteiger partial charge in [-0.25, -0.2) is 0 Å². The number of carbonyl (C=O) groups excluding carboxylic acids is 2. The number of rotatable bonds is 7.